The van der Waals surface area contributed by atoms with E-state index in [1.807, 2.05) is 26.2 Å². The van der Waals surface area contributed by atoms with Crippen molar-refractivity contribution in [1.82, 2.24) is 9.55 Å². The van der Waals surface area contributed by atoms with Crippen LogP contribution in [-0.2, 0) is 6.54 Å². The number of nitrogens with one attached hydrogen (secondary N) is 1. The third kappa shape index (κ3) is 3.35. The Bertz CT molecular complexity index is 685. The highest BCUT2D eigenvalue weighted by Gasteiger charge is 2.14. The Balaban J connectivity index is 2.41. The number of hydrogen-bond donors (Lipinski definition) is 1. The number of aryl methyl sites for hydroxylation is 2. The van der Waals surface area contributed by atoms with E-state index in [0.717, 1.165) is 34.2 Å². The molecule has 0 amide bonds. The molecule has 21 heavy (non-hydrogen) atoms. The molecule has 114 valence electrons. The molecule has 0 atom stereocenters. The van der Waals surface area contributed by atoms with Gasteiger partial charge < -0.3 is 9.88 Å². The third-order valence-electron chi connectivity index (χ3n) is 3.44. The van der Waals surface area contributed by atoms with Gasteiger partial charge in [-0.05, 0) is 38.3 Å². The van der Waals surface area contributed by atoms with Gasteiger partial charge in [-0.2, -0.15) is 0 Å². The molecule has 2 aromatic rings. The summed E-state index contributed by atoms with van der Waals surface area (Å²) in [7, 11) is 0. The first kappa shape index (κ1) is 15.8. The Hall–Kier alpha value is -1.62. The molecule has 2 aromatic heterocycles. The first-order chi connectivity index (χ1) is 9.93. The summed E-state index contributed by atoms with van der Waals surface area (Å²) in [6, 6.07) is 2.06. The molecule has 0 aliphatic heterocycles. The number of hydrogen-bond acceptors (Lipinski definition) is 4. The van der Waals surface area contributed by atoms with Crippen molar-refractivity contribution in [3.63, 3.8) is 0 Å². The highest BCUT2D eigenvalue weighted by Crippen LogP contribution is 2.25. The Kier molecular flexibility index (Phi) is 4.83. The molecule has 0 unspecified atom stereocenters. The van der Waals surface area contributed by atoms with Crippen LogP contribution in [0, 0.1) is 19.8 Å². The van der Waals surface area contributed by atoms with Crippen LogP contribution < -0.4 is 10.9 Å². The van der Waals surface area contributed by atoms with Crippen LogP contribution >= 0.6 is 11.3 Å². The summed E-state index contributed by atoms with van der Waals surface area (Å²) in [5.74, 6) is 0.566. The molecule has 1 N–H and O–H groups in total. The molecule has 0 radical (unpaired) electrons. The molecular weight excluding hydrogens is 282 g/mol. The van der Waals surface area contributed by atoms with Crippen LogP contribution in [0.4, 0.5) is 5.13 Å². The molecule has 2 heterocycles. The van der Waals surface area contributed by atoms with Gasteiger partial charge in [-0.15, -0.1) is 11.3 Å². The smallest absolute Gasteiger partial charge is 0.260 e. The average molecular weight is 305 g/mol. The van der Waals surface area contributed by atoms with Crippen molar-refractivity contribution in [1.29, 1.82) is 0 Å². The van der Waals surface area contributed by atoms with Gasteiger partial charge in [0, 0.05) is 24.2 Å². The van der Waals surface area contributed by atoms with Crippen molar-refractivity contribution in [3.05, 3.63) is 33.1 Å². The van der Waals surface area contributed by atoms with Crippen molar-refractivity contribution < 1.29 is 0 Å². The van der Waals surface area contributed by atoms with Gasteiger partial charge >= 0.3 is 0 Å². The van der Waals surface area contributed by atoms with Crippen molar-refractivity contribution in [2.45, 2.75) is 41.2 Å². The maximum Gasteiger partial charge on any atom is 0.260 e. The van der Waals surface area contributed by atoms with Crippen LogP contribution in [0.15, 0.2) is 16.2 Å². The number of anilines is 1. The first-order valence-electron chi connectivity index (χ1n) is 7.34. The van der Waals surface area contributed by atoms with E-state index < -0.39 is 0 Å². The number of aromatic nitrogens is 2. The van der Waals surface area contributed by atoms with E-state index in [1.165, 1.54) is 0 Å². The van der Waals surface area contributed by atoms with Crippen LogP contribution in [0.1, 0.15) is 32.0 Å². The van der Waals surface area contributed by atoms with E-state index in [2.05, 4.69) is 30.2 Å². The lowest BCUT2D eigenvalue weighted by Gasteiger charge is -2.11. The molecule has 0 aliphatic rings. The summed E-state index contributed by atoms with van der Waals surface area (Å²) in [6.45, 7) is 11.8. The van der Waals surface area contributed by atoms with Crippen molar-refractivity contribution >= 4 is 16.5 Å². The zero-order valence-electron chi connectivity index (χ0n) is 13.4. The Labute approximate surface area is 129 Å². The van der Waals surface area contributed by atoms with Crippen molar-refractivity contribution in [3.8, 4) is 11.3 Å². The minimum Gasteiger partial charge on any atom is -0.361 e. The van der Waals surface area contributed by atoms with Gasteiger partial charge in [0.15, 0.2) is 5.13 Å². The topological polar surface area (TPSA) is 46.9 Å². The number of thiazole rings is 1. The quantitative estimate of drug-likeness (QED) is 0.916. The molecule has 0 fully saturated rings. The average Bonchev–Trinajstić information content (AvgIpc) is 2.85. The predicted molar refractivity (Wildman–Crippen MR) is 90.3 cm³/mol. The summed E-state index contributed by atoms with van der Waals surface area (Å²) in [4.78, 5) is 17.2. The monoisotopic (exact) mass is 305 g/mol. The first-order valence-corrected chi connectivity index (χ1v) is 8.22. The molecule has 0 saturated heterocycles. The summed E-state index contributed by atoms with van der Waals surface area (Å²) in [5.41, 5.74) is 3.53. The van der Waals surface area contributed by atoms with Gasteiger partial charge in [0.1, 0.15) is 0 Å². The normalized spacial score (nSPS) is 11.1. The SMILES string of the molecule is CCn1c(C)cc(C)c(-c2csc(NCC(C)C)n2)c1=O. The second-order valence-electron chi connectivity index (χ2n) is 5.71. The second kappa shape index (κ2) is 6.43. The summed E-state index contributed by atoms with van der Waals surface area (Å²) >= 11 is 1.55. The Morgan fingerprint density at radius 3 is 2.71 bits per heavy atom. The molecule has 0 saturated carbocycles. The van der Waals surface area contributed by atoms with Gasteiger partial charge in [-0.3, -0.25) is 4.79 Å². The molecule has 0 bridgehead atoms. The Morgan fingerprint density at radius 2 is 2.10 bits per heavy atom. The standard InChI is InChI=1S/C16H23N3OS/c1-6-19-12(5)7-11(4)14(15(19)20)13-9-21-16(18-13)17-8-10(2)3/h7,9-10H,6,8H2,1-5H3,(H,17,18). The molecule has 5 heteroatoms. The van der Waals surface area contributed by atoms with Crippen LogP contribution in [0.25, 0.3) is 11.3 Å². The van der Waals surface area contributed by atoms with Crippen molar-refractivity contribution in [2.75, 3.05) is 11.9 Å². The lowest BCUT2D eigenvalue weighted by Crippen LogP contribution is -2.24. The van der Waals surface area contributed by atoms with Crippen LogP contribution in [0.5, 0.6) is 0 Å². The zero-order valence-corrected chi connectivity index (χ0v) is 14.2. The molecule has 0 spiro atoms. The fraction of sp³-hybridized carbons (Fsp3) is 0.500. The number of nitrogens with zero attached hydrogens (tertiary/aromatic N) is 2. The summed E-state index contributed by atoms with van der Waals surface area (Å²) in [5, 5.41) is 6.15. The molecule has 0 aliphatic carbocycles. The third-order valence-corrected chi connectivity index (χ3v) is 4.24. The predicted octanol–water partition coefficient (Wildman–Crippen LogP) is 3.68. The van der Waals surface area contributed by atoms with Crippen LogP contribution in [0.3, 0.4) is 0 Å². The van der Waals surface area contributed by atoms with E-state index in [9.17, 15) is 4.79 Å². The fourth-order valence-electron chi connectivity index (χ4n) is 2.39. The maximum absolute atomic E-state index is 12.6. The van der Waals surface area contributed by atoms with E-state index in [1.54, 1.807) is 15.9 Å². The second-order valence-corrected chi connectivity index (χ2v) is 6.56. The largest absolute Gasteiger partial charge is 0.361 e. The van der Waals surface area contributed by atoms with E-state index >= 15 is 0 Å². The minimum atomic E-state index is 0.0516. The highest BCUT2D eigenvalue weighted by molar-refractivity contribution is 7.14. The van der Waals surface area contributed by atoms with Gasteiger partial charge in [-0.1, -0.05) is 13.8 Å². The van der Waals surface area contributed by atoms with Crippen LogP contribution in [-0.4, -0.2) is 16.1 Å². The van der Waals surface area contributed by atoms with E-state index in [0.29, 0.717) is 12.5 Å². The lowest BCUT2D eigenvalue weighted by atomic mass is 10.1. The summed E-state index contributed by atoms with van der Waals surface area (Å²) in [6.07, 6.45) is 0. The van der Waals surface area contributed by atoms with Gasteiger partial charge in [0.05, 0.1) is 11.3 Å². The zero-order chi connectivity index (χ0) is 15.6. The Morgan fingerprint density at radius 1 is 1.38 bits per heavy atom. The molecule has 0 aromatic carbocycles. The van der Waals surface area contributed by atoms with E-state index in [4.69, 9.17) is 0 Å². The number of pyridine rings is 1. The fourth-order valence-corrected chi connectivity index (χ4v) is 3.10. The highest BCUT2D eigenvalue weighted by atomic mass is 32.1. The van der Waals surface area contributed by atoms with Crippen LogP contribution in [0.2, 0.25) is 0 Å². The van der Waals surface area contributed by atoms with Gasteiger partial charge in [0.25, 0.3) is 5.56 Å². The summed E-state index contributed by atoms with van der Waals surface area (Å²) < 4.78 is 1.79. The molecular formula is C16H23N3OS. The van der Waals surface area contributed by atoms with Crippen molar-refractivity contribution in [2.24, 2.45) is 5.92 Å². The number of rotatable bonds is 5. The lowest BCUT2D eigenvalue weighted by molar-refractivity contribution is 0.688. The van der Waals surface area contributed by atoms with Gasteiger partial charge in [0.2, 0.25) is 0 Å². The maximum atomic E-state index is 12.6. The molecule has 4 nitrogen and oxygen atoms in total. The molecule has 2 rings (SSSR count). The van der Waals surface area contributed by atoms with E-state index in [-0.39, 0.29) is 5.56 Å². The minimum absolute atomic E-state index is 0.0516. The van der Waals surface area contributed by atoms with Gasteiger partial charge in [-0.25, -0.2) is 4.98 Å².